The minimum atomic E-state index is -2.71. The van der Waals surface area contributed by atoms with E-state index in [1.165, 1.54) is 6.07 Å². The van der Waals surface area contributed by atoms with Crippen LogP contribution in [0.4, 0.5) is 8.78 Å². The first-order valence-corrected chi connectivity index (χ1v) is 7.49. The van der Waals surface area contributed by atoms with Gasteiger partial charge in [0.2, 0.25) is 0 Å². The van der Waals surface area contributed by atoms with Crippen molar-refractivity contribution in [2.45, 2.75) is 64.1 Å². The third kappa shape index (κ3) is 2.40. The Morgan fingerprint density at radius 1 is 1.05 bits per heavy atom. The van der Waals surface area contributed by atoms with Gasteiger partial charge in [0.25, 0.3) is 5.92 Å². The fourth-order valence-electron chi connectivity index (χ4n) is 2.94. The van der Waals surface area contributed by atoms with E-state index in [1.54, 1.807) is 6.07 Å². The minimum absolute atomic E-state index is 0.0597. The van der Waals surface area contributed by atoms with Crippen molar-refractivity contribution in [1.82, 2.24) is 0 Å². The van der Waals surface area contributed by atoms with Gasteiger partial charge in [-0.3, -0.25) is 0 Å². The molecule has 0 unspecified atom stereocenters. The molecular weight excluding hydrogens is 273 g/mol. The van der Waals surface area contributed by atoms with Crippen LogP contribution in [0.5, 0.6) is 0 Å². The fraction of sp³-hybridized carbons (Fsp3) is 0.625. The maximum absolute atomic E-state index is 13.9. The zero-order chi connectivity index (χ0) is 15.5. The predicted octanol–water partition coefficient (Wildman–Crippen LogP) is 3.41. The topological polar surface area (TPSA) is 18.5 Å². The van der Waals surface area contributed by atoms with E-state index in [9.17, 15) is 8.78 Å². The predicted molar refractivity (Wildman–Crippen MR) is 79.0 cm³/mol. The molecule has 1 heterocycles. The number of rotatable bonds is 1. The summed E-state index contributed by atoms with van der Waals surface area (Å²) in [5, 5.41) is 0. The van der Waals surface area contributed by atoms with E-state index in [0.29, 0.717) is 12.8 Å². The van der Waals surface area contributed by atoms with Crippen molar-refractivity contribution < 1.29 is 18.1 Å². The van der Waals surface area contributed by atoms with Crippen LogP contribution in [-0.4, -0.2) is 18.3 Å². The first-order chi connectivity index (χ1) is 9.62. The minimum Gasteiger partial charge on any atom is -0.399 e. The first-order valence-electron chi connectivity index (χ1n) is 7.49. The summed E-state index contributed by atoms with van der Waals surface area (Å²) in [6.45, 7) is 7.94. The molecule has 1 aliphatic heterocycles. The summed E-state index contributed by atoms with van der Waals surface area (Å²) in [5.74, 6) is -2.71. The van der Waals surface area contributed by atoms with Gasteiger partial charge in [-0.1, -0.05) is 18.2 Å². The van der Waals surface area contributed by atoms with E-state index in [4.69, 9.17) is 9.31 Å². The number of hydrogen-bond donors (Lipinski definition) is 0. The second-order valence-corrected chi connectivity index (χ2v) is 7.06. The third-order valence-corrected chi connectivity index (χ3v) is 4.99. The zero-order valence-corrected chi connectivity index (χ0v) is 13.0. The maximum atomic E-state index is 13.9. The third-order valence-electron chi connectivity index (χ3n) is 4.99. The highest BCUT2D eigenvalue weighted by molar-refractivity contribution is 6.62. The molecule has 0 radical (unpaired) electrons. The number of fused-ring (bicyclic) bond motifs is 1. The lowest BCUT2D eigenvalue weighted by Gasteiger charge is -2.32. The molecule has 1 aliphatic carbocycles. The number of halogens is 2. The Balaban J connectivity index is 1.93. The van der Waals surface area contributed by atoms with Gasteiger partial charge in [0.1, 0.15) is 0 Å². The Hall–Kier alpha value is -0.935. The van der Waals surface area contributed by atoms with Gasteiger partial charge in [-0.2, -0.15) is 0 Å². The smallest absolute Gasteiger partial charge is 0.399 e. The summed E-state index contributed by atoms with van der Waals surface area (Å²) in [7, 11) is -0.490. The molecule has 3 rings (SSSR count). The van der Waals surface area contributed by atoms with E-state index < -0.39 is 24.2 Å². The Bertz CT molecular complexity index is 553. The molecule has 0 amide bonds. The quantitative estimate of drug-likeness (QED) is 0.739. The van der Waals surface area contributed by atoms with Crippen LogP contribution in [0, 0.1) is 0 Å². The molecule has 2 nitrogen and oxygen atoms in total. The molecule has 1 aromatic rings. The number of alkyl halides is 2. The summed E-state index contributed by atoms with van der Waals surface area (Å²) in [6.07, 6.45) is 1.15. The molecule has 114 valence electrons. The molecule has 0 aromatic heterocycles. The van der Waals surface area contributed by atoms with Gasteiger partial charge in [-0.25, -0.2) is 8.78 Å². The second kappa shape index (κ2) is 4.53. The molecule has 21 heavy (non-hydrogen) atoms. The van der Waals surface area contributed by atoms with E-state index in [0.717, 1.165) is 11.0 Å². The van der Waals surface area contributed by atoms with Gasteiger partial charge in [0, 0.05) is 12.0 Å². The molecule has 2 aliphatic rings. The van der Waals surface area contributed by atoms with Crippen molar-refractivity contribution in [3.8, 4) is 0 Å². The summed E-state index contributed by atoms with van der Waals surface area (Å²) in [4.78, 5) is 0. The molecule has 1 aromatic carbocycles. The largest absolute Gasteiger partial charge is 0.494 e. The molecule has 0 spiro atoms. The molecule has 0 saturated carbocycles. The standard InChI is InChI=1S/C16H21BF2O2/c1-14(2)15(3,4)21-17(20-14)12-7-8-13-11(10-12)6-5-9-16(13,18)19/h7-8,10H,5-6,9H2,1-4H3. The van der Waals surface area contributed by atoms with Gasteiger partial charge < -0.3 is 9.31 Å². The Morgan fingerprint density at radius 3 is 2.29 bits per heavy atom. The van der Waals surface area contributed by atoms with Crippen LogP contribution in [0.3, 0.4) is 0 Å². The highest BCUT2D eigenvalue weighted by Gasteiger charge is 2.52. The van der Waals surface area contributed by atoms with E-state index in [1.807, 2.05) is 33.8 Å². The van der Waals surface area contributed by atoms with Crippen LogP contribution in [0.1, 0.15) is 51.7 Å². The van der Waals surface area contributed by atoms with Gasteiger partial charge in [-0.05, 0) is 51.6 Å². The van der Waals surface area contributed by atoms with Crippen molar-refractivity contribution in [3.05, 3.63) is 29.3 Å². The van der Waals surface area contributed by atoms with Crippen LogP contribution >= 0.6 is 0 Å². The maximum Gasteiger partial charge on any atom is 0.494 e. The number of hydrogen-bond acceptors (Lipinski definition) is 2. The van der Waals surface area contributed by atoms with Crippen LogP contribution in [-0.2, 0) is 21.7 Å². The van der Waals surface area contributed by atoms with Gasteiger partial charge >= 0.3 is 7.12 Å². The summed E-state index contributed by atoms with van der Waals surface area (Å²) in [6, 6.07) is 5.07. The first kappa shape index (κ1) is 15.0. The zero-order valence-electron chi connectivity index (χ0n) is 13.0. The molecule has 1 fully saturated rings. The van der Waals surface area contributed by atoms with Crippen LogP contribution < -0.4 is 5.46 Å². The van der Waals surface area contributed by atoms with Crippen molar-refractivity contribution in [2.24, 2.45) is 0 Å². The number of benzene rings is 1. The highest BCUT2D eigenvalue weighted by atomic mass is 19.3. The summed E-state index contributed by atoms with van der Waals surface area (Å²) < 4.78 is 39.7. The Labute approximate surface area is 125 Å². The van der Waals surface area contributed by atoms with Crippen LogP contribution in [0.2, 0.25) is 0 Å². The van der Waals surface area contributed by atoms with Crippen molar-refractivity contribution in [2.75, 3.05) is 0 Å². The molecule has 5 heteroatoms. The van der Waals surface area contributed by atoms with Crippen LogP contribution in [0.15, 0.2) is 18.2 Å². The fourth-order valence-corrected chi connectivity index (χ4v) is 2.94. The van der Waals surface area contributed by atoms with E-state index in [-0.39, 0.29) is 12.0 Å². The molecule has 1 saturated heterocycles. The van der Waals surface area contributed by atoms with Gasteiger partial charge in [0.05, 0.1) is 11.2 Å². The number of aryl methyl sites for hydroxylation is 1. The lowest BCUT2D eigenvalue weighted by molar-refractivity contribution is -0.0216. The highest BCUT2D eigenvalue weighted by Crippen LogP contribution is 2.40. The lowest BCUT2D eigenvalue weighted by atomic mass is 9.75. The average molecular weight is 294 g/mol. The molecule has 0 bridgehead atoms. The SMILES string of the molecule is CC1(C)OB(c2ccc3c(c2)CCCC3(F)F)OC1(C)C. The van der Waals surface area contributed by atoms with Crippen molar-refractivity contribution >= 4 is 12.6 Å². The summed E-state index contributed by atoms with van der Waals surface area (Å²) >= 11 is 0. The Morgan fingerprint density at radius 2 is 1.67 bits per heavy atom. The molecular formula is C16H21BF2O2. The van der Waals surface area contributed by atoms with E-state index >= 15 is 0 Å². The van der Waals surface area contributed by atoms with Gasteiger partial charge in [0.15, 0.2) is 0 Å². The van der Waals surface area contributed by atoms with Crippen molar-refractivity contribution in [1.29, 1.82) is 0 Å². The normalized spacial score (nSPS) is 25.7. The van der Waals surface area contributed by atoms with E-state index in [2.05, 4.69) is 0 Å². The van der Waals surface area contributed by atoms with Crippen molar-refractivity contribution in [3.63, 3.8) is 0 Å². The molecule has 0 N–H and O–H groups in total. The molecule has 0 atom stereocenters. The van der Waals surface area contributed by atoms with Crippen LogP contribution in [0.25, 0.3) is 0 Å². The second-order valence-electron chi connectivity index (χ2n) is 7.06. The Kier molecular flexibility index (Phi) is 3.23. The lowest BCUT2D eigenvalue weighted by Crippen LogP contribution is -2.41. The average Bonchev–Trinajstić information content (AvgIpc) is 2.57. The summed E-state index contributed by atoms with van der Waals surface area (Å²) in [5.41, 5.74) is 0.868. The monoisotopic (exact) mass is 294 g/mol. The van der Waals surface area contributed by atoms with Gasteiger partial charge in [-0.15, -0.1) is 0 Å².